The number of hydrogen-bond acceptors (Lipinski definition) is 4. The molecule has 0 spiro atoms. The van der Waals surface area contributed by atoms with Gasteiger partial charge in [-0.05, 0) is 48.9 Å². The summed E-state index contributed by atoms with van der Waals surface area (Å²) >= 11 is 0. The molecule has 2 aromatic carbocycles. The Labute approximate surface area is 202 Å². The van der Waals surface area contributed by atoms with Gasteiger partial charge < -0.3 is 14.9 Å². The maximum atomic E-state index is 14.9. The number of rotatable bonds is 5. The van der Waals surface area contributed by atoms with E-state index in [1.165, 1.54) is 41.2 Å². The molecule has 1 aliphatic heterocycles. The number of hydrogen-bond donors (Lipinski definition) is 1. The first-order valence-corrected chi connectivity index (χ1v) is 11.2. The first-order valence-electron chi connectivity index (χ1n) is 11.2. The minimum Gasteiger partial charge on any atom is -0.465 e. The summed E-state index contributed by atoms with van der Waals surface area (Å²) in [6, 6.07) is 13.8. The predicted molar refractivity (Wildman–Crippen MR) is 128 cm³/mol. The van der Waals surface area contributed by atoms with E-state index in [-0.39, 0.29) is 23.1 Å². The lowest BCUT2D eigenvalue weighted by Crippen LogP contribution is -2.53. The summed E-state index contributed by atoms with van der Waals surface area (Å²) in [7, 11) is 1.49. The van der Waals surface area contributed by atoms with Crippen LogP contribution in [0.15, 0.2) is 60.8 Å². The van der Waals surface area contributed by atoms with Gasteiger partial charge >= 0.3 is 6.09 Å². The summed E-state index contributed by atoms with van der Waals surface area (Å²) in [6.45, 7) is 3.87. The summed E-state index contributed by atoms with van der Waals surface area (Å²) in [5.74, 6) is -1.33. The Kier molecular flexibility index (Phi) is 7.07. The maximum Gasteiger partial charge on any atom is 0.407 e. The molecule has 0 bridgehead atoms. The van der Waals surface area contributed by atoms with Gasteiger partial charge in [0.05, 0.1) is 16.9 Å². The Morgan fingerprint density at radius 1 is 1.11 bits per heavy atom. The van der Waals surface area contributed by atoms with Crippen molar-refractivity contribution in [3.63, 3.8) is 0 Å². The van der Waals surface area contributed by atoms with Crippen molar-refractivity contribution in [3.05, 3.63) is 83.6 Å². The number of aromatic nitrogens is 1. The second-order valence-corrected chi connectivity index (χ2v) is 8.65. The highest BCUT2D eigenvalue weighted by Crippen LogP contribution is 2.24. The van der Waals surface area contributed by atoms with Crippen LogP contribution in [0.4, 0.5) is 19.3 Å². The van der Waals surface area contributed by atoms with Gasteiger partial charge in [-0.1, -0.05) is 18.2 Å². The van der Waals surface area contributed by atoms with Crippen LogP contribution >= 0.6 is 0 Å². The van der Waals surface area contributed by atoms with Crippen LogP contribution in [0, 0.1) is 11.6 Å². The fourth-order valence-electron chi connectivity index (χ4n) is 4.28. The molecule has 182 valence electrons. The molecule has 1 atom stereocenters. The SMILES string of the molecule is C[C@H]1CN(Cc2ccc(N(C)C(=O)c3ccc(-c4cccc(F)c4)nc3)c(F)c2)CCN1C(=O)O. The van der Waals surface area contributed by atoms with Gasteiger partial charge in [0.2, 0.25) is 0 Å². The number of carbonyl (C=O) groups excluding carboxylic acids is 1. The maximum absolute atomic E-state index is 14.9. The van der Waals surface area contributed by atoms with Crippen LogP contribution in [0.2, 0.25) is 0 Å². The lowest BCUT2D eigenvalue weighted by Gasteiger charge is -2.38. The van der Waals surface area contributed by atoms with Crippen molar-refractivity contribution < 1.29 is 23.5 Å². The summed E-state index contributed by atoms with van der Waals surface area (Å²) in [6.07, 6.45) is 0.461. The number of benzene rings is 2. The number of pyridine rings is 1. The minimum atomic E-state index is -0.931. The number of nitrogens with zero attached hydrogens (tertiary/aromatic N) is 4. The fraction of sp³-hybridized carbons (Fsp3) is 0.269. The van der Waals surface area contributed by atoms with Gasteiger partial charge in [-0.25, -0.2) is 13.6 Å². The van der Waals surface area contributed by atoms with Crippen LogP contribution in [-0.4, -0.2) is 64.6 Å². The topological polar surface area (TPSA) is 77.0 Å². The summed E-state index contributed by atoms with van der Waals surface area (Å²) in [5, 5.41) is 9.21. The first-order chi connectivity index (χ1) is 16.7. The Balaban J connectivity index is 1.42. The molecule has 1 N–H and O–H groups in total. The van der Waals surface area contributed by atoms with Gasteiger partial charge in [-0.2, -0.15) is 0 Å². The van der Waals surface area contributed by atoms with Gasteiger partial charge in [-0.3, -0.25) is 14.7 Å². The number of carboxylic acid groups (broad SMARTS) is 1. The molecule has 3 aromatic rings. The van der Waals surface area contributed by atoms with Crippen molar-refractivity contribution in [2.75, 3.05) is 31.6 Å². The smallest absolute Gasteiger partial charge is 0.407 e. The number of halogens is 2. The second-order valence-electron chi connectivity index (χ2n) is 8.65. The van der Waals surface area contributed by atoms with E-state index in [1.807, 2.05) is 6.92 Å². The van der Waals surface area contributed by atoms with Gasteiger partial charge in [0.15, 0.2) is 0 Å². The molecule has 7 nitrogen and oxygen atoms in total. The van der Waals surface area contributed by atoms with Crippen molar-refractivity contribution in [1.29, 1.82) is 0 Å². The van der Waals surface area contributed by atoms with Gasteiger partial charge in [-0.15, -0.1) is 0 Å². The van der Waals surface area contributed by atoms with Gasteiger partial charge in [0.25, 0.3) is 5.91 Å². The van der Waals surface area contributed by atoms with E-state index in [0.717, 1.165) is 5.56 Å². The molecular formula is C26H26F2N4O3. The third-order valence-corrected chi connectivity index (χ3v) is 6.17. The quantitative estimate of drug-likeness (QED) is 0.583. The highest BCUT2D eigenvalue weighted by molar-refractivity contribution is 6.05. The Morgan fingerprint density at radius 2 is 1.91 bits per heavy atom. The highest BCUT2D eigenvalue weighted by Gasteiger charge is 2.27. The molecule has 2 amide bonds. The van der Waals surface area contributed by atoms with Crippen molar-refractivity contribution in [3.8, 4) is 11.3 Å². The van der Waals surface area contributed by atoms with E-state index in [1.54, 1.807) is 36.4 Å². The summed E-state index contributed by atoms with van der Waals surface area (Å²) in [5.41, 5.74) is 2.28. The van der Waals surface area contributed by atoms with Crippen LogP contribution in [-0.2, 0) is 6.54 Å². The molecule has 4 rings (SSSR count). The largest absolute Gasteiger partial charge is 0.465 e. The third kappa shape index (κ3) is 5.46. The number of carbonyl (C=O) groups is 2. The van der Waals surface area contributed by atoms with Crippen molar-refractivity contribution in [2.24, 2.45) is 0 Å². The molecule has 1 aliphatic rings. The zero-order valence-electron chi connectivity index (χ0n) is 19.5. The molecule has 2 heterocycles. The van der Waals surface area contributed by atoms with E-state index >= 15 is 0 Å². The van der Waals surface area contributed by atoms with Crippen LogP contribution < -0.4 is 4.90 Å². The fourth-order valence-corrected chi connectivity index (χ4v) is 4.28. The second kappa shape index (κ2) is 10.2. The average molecular weight is 481 g/mol. The minimum absolute atomic E-state index is 0.136. The molecule has 0 saturated carbocycles. The third-order valence-electron chi connectivity index (χ3n) is 6.17. The van der Waals surface area contributed by atoms with E-state index in [9.17, 15) is 23.5 Å². The molecule has 1 aromatic heterocycles. The van der Waals surface area contributed by atoms with E-state index in [4.69, 9.17) is 0 Å². The molecule has 9 heteroatoms. The zero-order chi connectivity index (χ0) is 25.1. The van der Waals surface area contributed by atoms with Gasteiger partial charge in [0.1, 0.15) is 11.6 Å². The van der Waals surface area contributed by atoms with Crippen molar-refractivity contribution >= 4 is 17.7 Å². The molecule has 1 saturated heterocycles. The first kappa shape index (κ1) is 24.3. The van der Waals surface area contributed by atoms with E-state index in [0.29, 0.717) is 37.4 Å². The van der Waals surface area contributed by atoms with Crippen LogP contribution in [0.1, 0.15) is 22.8 Å². The van der Waals surface area contributed by atoms with Crippen LogP contribution in [0.3, 0.4) is 0 Å². The predicted octanol–water partition coefficient (Wildman–Crippen LogP) is 4.49. The van der Waals surface area contributed by atoms with E-state index in [2.05, 4.69) is 9.88 Å². The van der Waals surface area contributed by atoms with Crippen LogP contribution in [0.25, 0.3) is 11.3 Å². The highest BCUT2D eigenvalue weighted by atomic mass is 19.1. The van der Waals surface area contributed by atoms with Crippen molar-refractivity contribution in [2.45, 2.75) is 19.5 Å². The molecule has 0 unspecified atom stereocenters. The van der Waals surface area contributed by atoms with E-state index < -0.39 is 17.8 Å². The lowest BCUT2D eigenvalue weighted by atomic mass is 10.1. The summed E-state index contributed by atoms with van der Waals surface area (Å²) in [4.78, 5) is 33.1. The average Bonchev–Trinajstić information content (AvgIpc) is 2.83. The molecule has 0 aliphatic carbocycles. The summed E-state index contributed by atoms with van der Waals surface area (Å²) < 4.78 is 28.4. The molecule has 1 fully saturated rings. The Hall–Kier alpha value is -3.85. The Morgan fingerprint density at radius 3 is 2.54 bits per heavy atom. The molecule has 0 radical (unpaired) electrons. The zero-order valence-corrected chi connectivity index (χ0v) is 19.5. The van der Waals surface area contributed by atoms with Gasteiger partial charge in [0, 0.05) is 51.0 Å². The number of amides is 2. The lowest BCUT2D eigenvalue weighted by molar-refractivity contribution is 0.0711. The number of anilines is 1. The Bertz CT molecular complexity index is 1240. The van der Waals surface area contributed by atoms with Crippen molar-refractivity contribution in [1.82, 2.24) is 14.8 Å². The standard InChI is InChI=1S/C26H26F2N4O3/c1-17-15-31(10-11-32(17)26(34)35)16-18-6-9-24(22(28)12-18)30(2)25(33)20-7-8-23(29-14-20)19-4-3-5-21(27)13-19/h3-9,12-14,17H,10-11,15-16H2,1-2H3,(H,34,35)/t17-/m0/s1. The molecule has 35 heavy (non-hydrogen) atoms. The normalized spacial score (nSPS) is 16.2. The van der Waals surface area contributed by atoms with Crippen LogP contribution in [0.5, 0.6) is 0 Å². The number of piperazine rings is 1. The monoisotopic (exact) mass is 480 g/mol. The molecular weight excluding hydrogens is 454 g/mol.